The number of hydrogen-bond donors (Lipinski definition) is 1. The summed E-state index contributed by atoms with van der Waals surface area (Å²) in [4.78, 5) is 11.4. The Kier molecular flexibility index (Phi) is 5.95. The van der Waals surface area contributed by atoms with Crippen molar-refractivity contribution in [2.75, 3.05) is 5.33 Å². The summed E-state index contributed by atoms with van der Waals surface area (Å²) >= 11 is 6.64. The maximum absolute atomic E-state index is 11.5. The SMILES string of the molecule is O=C(NCc1ccccc1)[C@@H](Br)CCBr. The minimum atomic E-state index is -0.111. The summed E-state index contributed by atoms with van der Waals surface area (Å²) in [5.74, 6) is 0.0401. The highest BCUT2D eigenvalue weighted by molar-refractivity contribution is 9.10. The maximum atomic E-state index is 11.5. The molecule has 0 aliphatic heterocycles. The van der Waals surface area contributed by atoms with E-state index in [4.69, 9.17) is 0 Å². The molecule has 1 N–H and O–H groups in total. The lowest BCUT2D eigenvalue weighted by atomic mass is 10.2. The average molecular weight is 335 g/mol. The Hall–Kier alpha value is -0.350. The van der Waals surface area contributed by atoms with Gasteiger partial charge in [0.05, 0.1) is 4.83 Å². The van der Waals surface area contributed by atoms with Gasteiger partial charge in [0.15, 0.2) is 0 Å². The van der Waals surface area contributed by atoms with Crippen LogP contribution in [0.4, 0.5) is 0 Å². The van der Waals surface area contributed by atoms with Gasteiger partial charge in [-0.3, -0.25) is 4.79 Å². The van der Waals surface area contributed by atoms with Gasteiger partial charge in [-0.05, 0) is 12.0 Å². The van der Waals surface area contributed by atoms with E-state index in [0.717, 1.165) is 17.3 Å². The van der Waals surface area contributed by atoms with Crippen molar-refractivity contribution in [1.29, 1.82) is 0 Å². The molecular weight excluding hydrogens is 322 g/mol. The number of carbonyl (C=O) groups is 1. The Morgan fingerprint density at radius 2 is 2.00 bits per heavy atom. The van der Waals surface area contributed by atoms with Crippen LogP contribution in [0.3, 0.4) is 0 Å². The Bertz CT molecular complexity index is 303. The molecule has 1 aromatic carbocycles. The van der Waals surface area contributed by atoms with Gasteiger partial charge in [0, 0.05) is 11.9 Å². The number of carbonyl (C=O) groups excluding carboxylic acids is 1. The second-order valence-corrected chi connectivity index (χ2v) is 5.05. The molecule has 1 rings (SSSR count). The highest BCUT2D eigenvalue weighted by Gasteiger charge is 2.12. The van der Waals surface area contributed by atoms with Gasteiger partial charge in [-0.2, -0.15) is 0 Å². The number of hydrogen-bond acceptors (Lipinski definition) is 1. The van der Waals surface area contributed by atoms with Crippen molar-refractivity contribution in [1.82, 2.24) is 5.32 Å². The van der Waals surface area contributed by atoms with Crippen LogP contribution < -0.4 is 5.32 Å². The third-order valence-electron chi connectivity index (χ3n) is 1.96. The minimum Gasteiger partial charge on any atom is -0.351 e. The van der Waals surface area contributed by atoms with Gasteiger partial charge in [0.1, 0.15) is 0 Å². The lowest BCUT2D eigenvalue weighted by Gasteiger charge is -2.09. The monoisotopic (exact) mass is 333 g/mol. The smallest absolute Gasteiger partial charge is 0.234 e. The summed E-state index contributed by atoms with van der Waals surface area (Å²) in [6, 6.07) is 9.88. The molecule has 2 nitrogen and oxygen atoms in total. The number of rotatable bonds is 5. The van der Waals surface area contributed by atoms with Crippen LogP contribution in [0.25, 0.3) is 0 Å². The normalized spacial score (nSPS) is 12.1. The lowest BCUT2D eigenvalue weighted by Crippen LogP contribution is -2.30. The first-order chi connectivity index (χ1) is 7.24. The first-order valence-corrected chi connectivity index (χ1v) is 6.79. The van der Waals surface area contributed by atoms with Gasteiger partial charge in [0.25, 0.3) is 0 Å². The Balaban J connectivity index is 2.34. The van der Waals surface area contributed by atoms with Crippen molar-refractivity contribution in [2.45, 2.75) is 17.8 Å². The van der Waals surface area contributed by atoms with E-state index in [1.165, 1.54) is 0 Å². The number of amides is 1. The Morgan fingerprint density at radius 3 is 2.60 bits per heavy atom. The van der Waals surface area contributed by atoms with Gasteiger partial charge in [-0.25, -0.2) is 0 Å². The van der Waals surface area contributed by atoms with E-state index in [2.05, 4.69) is 37.2 Å². The van der Waals surface area contributed by atoms with Crippen molar-refractivity contribution in [2.24, 2.45) is 0 Å². The van der Waals surface area contributed by atoms with E-state index < -0.39 is 0 Å². The molecule has 4 heteroatoms. The largest absolute Gasteiger partial charge is 0.351 e. The fourth-order valence-electron chi connectivity index (χ4n) is 1.12. The molecule has 82 valence electrons. The first kappa shape index (κ1) is 12.7. The summed E-state index contributed by atoms with van der Waals surface area (Å²) in [5.41, 5.74) is 1.12. The average Bonchev–Trinajstić information content (AvgIpc) is 2.27. The fourth-order valence-corrected chi connectivity index (χ4v) is 2.59. The molecule has 15 heavy (non-hydrogen) atoms. The van der Waals surface area contributed by atoms with E-state index in [-0.39, 0.29) is 10.7 Å². The molecule has 0 fully saturated rings. The topological polar surface area (TPSA) is 29.1 Å². The van der Waals surface area contributed by atoms with Crippen LogP contribution in [0, 0.1) is 0 Å². The molecule has 0 unspecified atom stereocenters. The fraction of sp³-hybridized carbons (Fsp3) is 0.364. The summed E-state index contributed by atoms with van der Waals surface area (Å²) in [5, 5.41) is 3.70. The van der Waals surface area contributed by atoms with Gasteiger partial charge in [-0.1, -0.05) is 62.2 Å². The van der Waals surface area contributed by atoms with Gasteiger partial charge in [-0.15, -0.1) is 0 Å². The van der Waals surface area contributed by atoms with Crippen LogP contribution in [0.1, 0.15) is 12.0 Å². The van der Waals surface area contributed by atoms with E-state index >= 15 is 0 Å². The quantitative estimate of drug-likeness (QED) is 0.824. The molecule has 0 saturated heterocycles. The van der Waals surface area contributed by atoms with E-state index in [1.54, 1.807) is 0 Å². The van der Waals surface area contributed by atoms with Crippen LogP contribution >= 0.6 is 31.9 Å². The molecule has 1 atom stereocenters. The van der Waals surface area contributed by atoms with Crippen LogP contribution in [0.15, 0.2) is 30.3 Å². The van der Waals surface area contributed by atoms with Crippen molar-refractivity contribution >= 4 is 37.8 Å². The Labute approximate surface area is 107 Å². The minimum absolute atomic E-state index is 0.0401. The predicted octanol–water partition coefficient (Wildman–Crippen LogP) is 2.85. The van der Waals surface area contributed by atoms with Crippen molar-refractivity contribution in [3.05, 3.63) is 35.9 Å². The van der Waals surface area contributed by atoms with Gasteiger partial charge < -0.3 is 5.32 Å². The predicted molar refractivity (Wildman–Crippen MR) is 69.4 cm³/mol. The first-order valence-electron chi connectivity index (χ1n) is 4.75. The number of halogens is 2. The zero-order chi connectivity index (χ0) is 11.1. The van der Waals surface area contributed by atoms with Crippen LogP contribution in [-0.4, -0.2) is 16.1 Å². The molecule has 0 aliphatic rings. The van der Waals surface area contributed by atoms with Crippen molar-refractivity contribution in [3.63, 3.8) is 0 Å². The zero-order valence-corrected chi connectivity index (χ0v) is 11.4. The van der Waals surface area contributed by atoms with E-state index in [0.29, 0.717) is 6.54 Å². The molecule has 0 radical (unpaired) electrons. The summed E-state index contributed by atoms with van der Waals surface area (Å²) in [6.07, 6.45) is 0.792. The van der Waals surface area contributed by atoms with Gasteiger partial charge >= 0.3 is 0 Å². The second kappa shape index (κ2) is 7.01. The van der Waals surface area contributed by atoms with Crippen LogP contribution in [0.2, 0.25) is 0 Å². The molecule has 0 spiro atoms. The van der Waals surface area contributed by atoms with Crippen LogP contribution in [0.5, 0.6) is 0 Å². The molecule has 0 saturated carbocycles. The van der Waals surface area contributed by atoms with Crippen LogP contribution in [-0.2, 0) is 11.3 Å². The molecular formula is C11H13Br2NO. The lowest BCUT2D eigenvalue weighted by molar-refractivity contribution is -0.120. The standard InChI is InChI=1S/C11H13Br2NO/c12-7-6-10(13)11(15)14-8-9-4-2-1-3-5-9/h1-5,10H,6-8H2,(H,14,15)/t10-/m0/s1. The summed E-state index contributed by atoms with van der Waals surface area (Å²) in [7, 11) is 0. The maximum Gasteiger partial charge on any atom is 0.234 e. The van der Waals surface area contributed by atoms with Crippen molar-refractivity contribution < 1.29 is 4.79 Å². The van der Waals surface area contributed by atoms with E-state index in [9.17, 15) is 4.79 Å². The number of nitrogens with one attached hydrogen (secondary N) is 1. The zero-order valence-electron chi connectivity index (χ0n) is 8.25. The molecule has 0 aliphatic carbocycles. The Morgan fingerprint density at radius 1 is 1.33 bits per heavy atom. The molecule has 0 heterocycles. The highest BCUT2D eigenvalue weighted by atomic mass is 79.9. The highest BCUT2D eigenvalue weighted by Crippen LogP contribution is 2.07. The number of benzene rings is 1. The van der Waals surface area contributed by atoms with Gasteiger partial charge in [0.2, 0.25) is 5.91 Å². The second-order valence-electron chi connectivity index (χ2n) is 3.15. The third-order valence-corrected chi connectivity index (χ3v) is 3.29. The molecule has 0 aromatic heterocycles. The number of alkyl halides is 2. The molecule has 1 amide bonds. The molecule has 1 aromatic rings. The third kappa shape index (κ3) is 4.80. The summed E-state index contributed by atoms with van der Waals surface area (Å²) < 4.78 is 0. The van der Waals surface area contributed by atoms with Crippen molar-refractivity contribution in [3.8, 4) is 0 Å². The molecule has 0 bridgehead atoms. The summed E-state index contributed by atoms with van der Waals surface area (Å²) in [6.45, 7) is 0.587. The van der Waals surface area contributed by atoms with E-state index in [1.807, 2.05) is 30.3 Å².